The van der Waals surface area contributed by atoms with Gasteiger partial charge in [-0.15, -0.1) is 0 Å². The number of hydrogen-bond donors (Lipinski definition) is 2. The molecule has 0 saturated carbocycles. The molecule has 1 aromatic heterocycles. The highest BCUT2D eigenvalue weighted by atomic mass is 16.4. The average Bonchev–Trinajstić information content (AvgIpc) is 2.30. The molecule has 2 rings (SSSR count). The van der Waals surface area contributed by atoms with Crippen LogP contribution in [0.1, 0.15) is 17.9 Å². The fraction of sp³-hybridized carbons (Fsp3) is 0.364. The maximum absolute atomic E-state index is 11.7. The maximum Gasteiger partial charge on any atom is 0.407 e. The monoisotopic (exact) mass is 236 g/mol. The third kappa shape index (κ3) is 2.20. The molecule has 0 bridgehead atoms. The summed E-state index contributed by atoms with van der Waals surface area (Å²) in [4.78, 5) is 37.8. The van der Waals surface area contributed by atoms with Crippen molar-refractivity contribution >= 4 is 11.9 Å². The Morgan fingerprint density at radius 2 is 2.24 bits per heavy atom. The van der Waals surface area contributed by atoms with Crippen molar-refractivity contribution in [1.29, 1.82) is 0 Å². The van der Waals surface area contributed by atoms with E-state index in [0.29, 0.717) is 5.56 Å². The van der Waals surface area contributed by atoms with Crippen LogP contribution in [-0.4, -0.2) is 40.0 Å². The number of aromatic amines is 1. The number of hydrogen-bond acceptors (Lipinski definition) is 3. The Morgan fingerprint density at radius 3 is 2.88 bits per heavy atom. The second-order valence-electron chi connectivity index (χ2n) is 3.95. The molecule has 0 spiro atoms. The van der Waals surface area contributed by atoms with Crippen LogP contribution >= 0.6 is 0 Å². The maximum atomic E-state index is 11.7. The van der Waals surface area contributed by atoms with E-state index in [0.717, 1.165) is 0 Å². The summed E-state index contributed by atoms with van der Waals surface area (Å²) in [5.41, 5.74) is 0.00142. The first-order valence-corrected chi connectivity index (χ1v) is 5.28. The molecule has 6 heteroatoms. The zero-order chi connectivity index (χ0) is 12.4. The van der Waals surface area contributed by atoms with E-state index >= 15 is 0 Å². The summed E-state index contributed by atoms with van der Waals surface area (Å²) in [6, 6.07) is 3.19. The van der Waals surface area contributed by atoms with Crippen LogP contribution in [0.5, 0.6) is 0 Å². The van der Waals surface area contributed by atoms with Crippen LogP contribution in [0.2, 0.25) is 0 Å². The van der Waals surface area contributed by atoms with E-state index in [2.05, 4.69) is 4.98 Å². The number of nitrogens with one attached hydrogen (secondary N) is 1. The Labute approximate surface area is 96.9 Å². The molecule has 17 heavy (non-hydrogen) atoms. The number of nitrogens with zero attached hydrogens (tertiary/aromatic N) is 1. The fourth-order valence-electron chi connectivity index (χ4n) is 1.99. The summed E-state index contributed by atoms with van der Waals surface area (Å²) in [5.74, 6) is -0.732. The molecule has 1 aliphatic heterocycles. The Kier molecular flexibility index (Phi) is 2.95. The van der Waals surface area contributed by atoms with E-state index in [-0.39, 0.29) is 30.9 Å². The smallest absolute Gasteiger partial charge is 0.407 e. The molecule has 1 unspecified atom stereocenters. The Bertz CT molecular complexity index is 508. The van der Waals surface area contributed by atoms with Crippen LogP contribution < -0.4 is 5.56 Å². The highest BCUT2D eigenvalue weighted by Gasteiger charge is 2.32. The number of carbonyl (C=O) groups is 2. The van der Waals surface area contributed by atoms with Crippen molar-refractivity contribution in [2.24, 2.45) is 0 Å². The van der Waals surface area contributed by atoms with E-state index in [4.69, 9.17) is 5.11 Å². The van der Waals surface area contributed by atoms with E-state index in [1.54, 1.807) is 12.1 Å². The van der Waals surface area contributed by atoms with Gasteiger partial charge in [0.05, 0.1) is 5.92 Å². The Hall–Kier alpha value is -2.11. The lowest BCUT2D eigenvalue weighted by atomic mass is 9.90. The van der Waals surface area contributed by atoms with Crippen molar-refractivity contribution in [2.45, 2.75) is 12.3 Å². The lowest BCUT2D eigenvalue weighted by Crippen LogP contribution is -2.43. The van der Waals surface area contributed by atoms with Gasteiger partial charge in [-0.05, 0) is 6.07 Å². The molecule has 0 aliphatic carbocycles. The van der Waals surface area contributed by atoms with E-state index < -0.39 is 12.0 Å². The molecule has 2 heterocycles. The molecule has 90 valence electrons. The summed E-state index contributed by atoms with van der Waals surface area (Å²) in [6.45, 7) is 0.261. The van der Waals surface area contributed by atoms with Gasteiger partial charge in [0.2, 0.25) is 0 Å². The van der Waals surface area contributed by atoms with E-state index in [1.165, 1.54) is 11.1 Å². The van der Waals surface area contributed by atoms with Gasteiger partial charge in [-0.25, -0.2) is 4.79 Å². The molecule has 1 aromatic rings. The molecule has 1 aliphatic rings. The SMILES string of the molecule is O=C1CCN(C(=O)O)CC1c1ccc[nH]c1=O. The van der Waals surface area contributed by atoms with Crippen LogP contribution in [0.15, 0.2) is 23.1 Å². The molecule has 6 nitrogen and oxygen atoms in total. The number of ketones is 1. The highest BCUT2D eigenvalue weighted by Crippen LogP contribution is 2.21. The third-order valence-electron chi connectivity index (χ3n) is 2.91. The first-order chi connectivity index (χ1) is 8.09. The number of H-pyrrole nitrogens is 1. The van der Waals surface area contributed by atoms with E-state index in [1.807, 2.05) is 0 Å². The zero-order valence-electron chi connectivity index (χ0n) is 9.05. The highest BCUT2D eigenvalue weighted by molar-refractivity contribution is 5.88. The number of pyridine rings is 1. The van der Waals surface area contributed by atoms with Crippen molar-refractivity contribution in [3.05, 3.63) is 34.2 Å². The minimum atomic E-state index is -1.06. The molecule has 1 saturated heterocycles. The Balaban J connectivity index is 2.30. The van der Waals surface area contributed by atoms with Crippen molar-refractivity contribution in [1.82, 2.24) is 9.88 Å². The average molecular weight is 236 g/mol. The van der Waals surface area contributed by atoms with Gasteiger partial charge in [-0.2, -0.15) is 0 Å². The minimum Gasteiger partial charge on any atom is -0.465 e. The molecule has 0 aromatic carbocycles. The lowest BCUT2D eigenvalue weighted by molar-refractivity contribution is -0.122. The van der Waals surface area contributed by atoms with Crippen LogP contribution in [0.25, 0.3) is 0 Å². The zero-order valence-corrected chi connectivity index (χ0v) is 9.05. The number of aromatic nitrogens is 1. The molecule has 1 fully saturated rings. The van der Waals surface area contributed by atoms with Gasteiger partial charge in [0, 0.05) is 31.3 Å². The van der Waals surface area contributed by atoms with Crippen LogP contribution in [0, 0.1) is 0 Å². The fourth-order valence-corrected chi connectivity index (χ4v) is 1.99. The Morgan fingerprint density at radius 1 is 1.47 bits per heavy atom. The predicted molar refractivity (Wildman–Crippen MR) is 59.0 cm³/mol. The summed E-state index contributed by atoms with van der Waals surface area (Å²) >= 11 is 0. The third-order valence-corrected chi connectivity index (χ3v) is 2.91. The number of likely N-dealkylation sites (tertiary alicyclic amines) is 1. The van der Waals surface area contributed by atoms with Crippen LogP contribution in [0.4, 0.5) is 4.79 Å². The number of amides is 1. The molecule has 1 amide bonds. The van der Waals surface area contributed by atoms with Crippen molar-refractivity contribution in [3.63, 3.8) is 0 Å². The number of piperidine rings is 1. The van der Waals surface area contributed by atoms with Crippen molar-refractivity contribution < 1.29 is 14.7 Å². The predicted octanol–water partition coefficient (Wildman–Crippen LogP) is 0.411. The lowest BCUT2D eigenvalue weighted by Gasteiger charge is -2.29. The summed E-state index contributed by atoms with van der Waals surface area (Å²) in [7, 11) is 0. The molecule has 1 atom stereocenters. The van der Waals surface area contributed by atoms with Gasteiger partial charge < -0.3 is 15.0 Å². The second kappa shape index (κ2) is 4.40. The summed E-state index contributed by atoms with van der Waals surface area (Å²) in [5, 5.41) is 8.89. The van der Waals surface area contributed by atoms with Crippen LogP contribution in [-0.2, 0) is 4.79 Å². The quantitative estimate of drug-likeness (QED) is 0.739. The molecule has 2 N–H and O–H groups in total. The summed E-state index contributed by atoms with van der Waals surface area (Å²) in [6.07, 6.45) is 0.578. The van der Waals surface area contributed by atoms with Gasteiger partial charge in [0.15, 0.2) is 0 Å². The van der Waals surface area contributed by atoms with Gasteiger partial charge in [-0.1, -0.05) is 6.07 Å². The normalized spacial score (nSPS) is 20.4. The minimum absolute atomic E-state index is 0.0568. The first-order valence-electron chi connectivity index (χ1n) is 5.28. The second-order valence-corrected chi connectivity index (χ2v) is 3.95. The molecular weight excluding hydrogens is 224 g/mol. The van der Waals surface area contributed by atoms with Crippen molar-refractivity contribution in [2.75, 3.05) is 13.1 Å². The first kappa shape index (κ1) is 11.4. The summed E-state index contributed by atoms with van der Waals surface area (Å²) < 4.78 is 0. The van der Waals surface area contributed by atoms with Crippen LogP contribution in [0.3, 0.4) is 0 Å². The standard InChI is InChI=1S/C11H12N2O4/c14-9-3-5-13(11(16)17)6-8(9)7-2-1-4-12-10(7)15/h1-2,4,8H,3,5-6H2,(H,12,15)(H,16,17). The molecule has 0 radical (unpaired) electrons. The van der Waals surface area contributed by atoms with Gasteiger partial charge in [0.25, 0.3) is 5.56 Å². The molecular formula is C11H12N2O4. The number of rotatable bonds is 1. The van der Waals surface area contributed by atoms with Gasteiger partial charge >= 0.3 is 6.09 Å². The van der Waals surface area contributed by atoms with Gasteiger partial charge in [-0.3, -0.25) is 9.59 Å². The number of carbonyl (C=O) groups excluding carboxylic acids is 1. The number of carboxylic acid groups (broad SMARTS) is 1. The topological polar surface area (TPSA) is 90.5 Å². The van der Waals surface area contributed by atoms with Gasteiger partial charge in [0.1, 0.15) is 5.78 Å². The largest absolute Gasteiger partial charge is 0.465 e. The number of Topliss-reactive ketones (excluding diaryl/α,β-unsaturated/α-hetero) is 1. The van der Waals surface area contributed by atoms with Crippen molar-refractivity contribution in [3.8, 4) is 0 Å². The van der Waals surface area contributed by atoms with E-state index in [9.17, 15) is 14.4 Å².